The number of Topliss-reactive ketones (excluding diaryl/α,β-unsaturated/α-hetero) is 1. The Labute approximate surface area is 134 Å². The van der Waals surface area contributed by atoms with Crippen LogP contribution < -0.4 is 4.74 Å². The number of rotatable bonds is 4. The molecule has 0 radical (unpaired) electrons. The van der Waals surface area contributed by atoms with Gasteiger partial charge in [0.2, 0.25) is 0 Å². The Hall–Kier alpha value is -1.51. The largest absolute Gasteiger partial charge is 0.494 e. The minimum absolute atomic E-state index is 0.0200. The molecule has 4 heteroatoms. The summed E-state index contributed by atoms with van der Waals surface area (Å²) in [6.07, 6.45) is 0.325. The van der Waals surface area contributed by atoms with E-state index in [4.69, 9.17) is 27.9 Å². The predicted molar refractivity (Wildman–Crippen MR) is 87.0 cm³/mol. The Kier molecular flexibility index (Phi) is 4.92. The molecule has 0 unspecified atom stereocenters. The van der Waals surface area contributed by atoms with Gasteiger partial charge in [0.1, 0.15) is 0 Å². The van der Waals surface area contributed by atoms with Gasteiger partial charge in [0.15, 0.2) is 11.5 Å². The highest BCUT2D eigenvalue weighted by atomic mass is 35.5. The van der Waals surface area contributed by atoms with E-state index in [-0.39, 0.29) is 5.78 Å². The fourth-order valence-electron chi connectivity index (χ4n) is 2.24. The maximum atomic E-state index is 12.4. The molecule has 0 aliphatic rings. The van der Waals surface area contributed by atoms with Crippen molar-refractivity contribution in [3.63, 3.8) is 0 Å². The standard InChI is InChI=1S/C17H16Cl2O2/c1-10-4-5-12(11(2)6-10)9-16(20)13-7-14(18)17(21-3)15(19)8-13/h4-8H,9H2,1-3H3. The summed E-state index contributed by atoms with van der Waals surface area (Å²) in [5.74, 6) is 0.370. The third-order valence-electron chi connectivity index (χ3n) is 3.37. The lowest BCUT2D eigenvalue weighted by atomic mass is 9.98. The summed E-state index contributed by atoms with van der Waals surface area (Å²) in [6.45, 7) is 4.03. The van der Waals surface area contributed by atoms with Crippen LogP contribution in [0.1, 0.15) is 27.0 Å². The zero-order valence-corrected chi connectivity index (χ0v) is 13.7. The van der Waals surface area contributed by atoms with Crippen LogP contribution in [0.3, 0.4) is 0 Å². The number of halogens is 2. The minimum Gasteiger partial charge on any atom is -0.494 e. The van der Waals surface area contributed by atoms with Gasteiger partial charge >= 0.3 is 0 Å². The van der Waals surface area contributed by atoms with Gasteiger partial charge in [-0.25, -0.2) is 0 Å². The fourth-order valence-corrected chi connectivity index (χ4v) is 2.88. The third-order valence-corrected chi connectivity index (χ3v) is 3.93. The molecule has 21 heavy (non-hydrogen) atoms. The molecule has 0 spiro atoms. The van der Waals surface area contributed by atoms with Gasteiger partial charge < -0.3 is 4.74 Å². The number of hydrogen-bond donors (Lipinski definition) is 0. The Morgan fingerprint density at radius 3 is 2.24 bits per heavy atom. The summed E-state index contributed by atoms with van der Waals surface area (Å²) in [6, 6.07) is 9.24. The maximum absolute atomic E-state index is 12.4. The second-order valence-corrected chi connectivity index (χ2v) is 5.82. The molecule has 0 saturated carbocycles. The molecular formula is C17H16Cl2O2. The number of hydrogen-bond acceptors (Lipinski definition) is 2. The molecule has 0 amide bonds. The van der Waals surface area contributed by atoms with Crippen molar-refractivity contribution in [2.45, 2.75) is 20.3 Å². The van der Waals surface area contributed by atoms with E-state index in [1.165, 1.54) is 12.7 Å². The zero-order chi connectivity index (χ0) is 15.6. The van der Waals surface area contributed by atoms with Gasteiger partial charge in [-0.05, 0) is 37.1 Å². The van der Waals surface area contributed by atoms with Gasteiger partial charge in [0.25, 0.3) is 0 Å². The minimum atomic E-state index is -0.0200. The third kappa shape index (κ3) is 3.58. The lowest BCUT2D eigenvalue weighted by Gasteiger charge is -2.10. The van der Waals surface area contributed by atoms with Crippen molar-refractivity contribution in [1.82, 2.24) is 0 Å². The van der Waals surface area contributed by atoms with Crippen LogP contribution in [0.25, 0.3) is 0 Å². The number of carbonyl (C=O) groups excluding carboxylic acids is 1. The van der Waals surface area contributed by atoms with Gasteiger partial charge in [0.05, 0.1) is 17.2 Å². The number of ether oxygens (including phenoxy) is 1. The molecule has 110 valence electrons. The number of aryl methyl sites for hydroxylation is 2. The monoisotopic (exact) mass is 322 g/mol. The fraction of sp³-hybridized carbons (Fsp3) is 0.235. The average Bonchev–Trinajstić information content (AvgIpc) is 2.41. The van der Waals surface area contributed by atoms with E-state index in [0.717, 1.165) is 11.1 Å². The van der Waals surface area contributed by atoms with Gasteiger partial charge in [-0.3, -0.25) is 4.79 Å². The second-order valence-electron chi connectivity index (χ2n) is 5.00. The van der Waals surface area contributed by atoms with Gasteiger partial charge in [-0.2, -0.15) is 0 Å². The van der Waals surface area contributed by atoms with E-state index in [1.54, 1.807) is 12.1 Å². The first-order valence-corrected chi connectivity index (χ1v) is 7.30. The molecule has 0 fully saturated rings. The predicted octanol–water partition coefficient (Wildman–Crippen LogP) is 5.04. The molecule has 2 aromatic carbocycles. The molecule has 0 aromatic heterocycles. The van der Waals surface area contributed by atoms with Crippen molar-refractivity contribution in [2.75, 3.05) is 7.11 Å². The van der Waals surface area contributed by atoms with E-state index in [1.807, 2.05) is 26.0 Å². The van der Waals surface area contributed by atoms with Crippen LogP contribution in [0.2, 0.25) is 10.0 Å². The highest BCUT2D eigenvalue weighted by molar-refractivity contribution is 6.37. The van der Waals surface area contributed by atoms with Crippen LogP contribution in [0.15, 0.2) is 30.3 Å². The highest BCUT2D eigenvalue weighted by Crippen LogP contribution is 2.34. The quantitative estimate of drug-likeness (QED) is 0.737. The summed E-state index contributed by atoms with van der Waals surface area (Å²) in [4.78, 5) is 12.4. The van der Waals surface area contributed by atoms with E-state index in [0.29, 0.717) is 27.8 Å². The van der Waals surface area contributed by atoms with Crippen molar-refractivity contribution in [1.29, 1.82) is 0 Å². The molecule has 0 saturated heterocycles. The zero-order valence-electron chi connectivity index (χ0n) is 12.2. The summed E-state index contributed by atoms with van der Waals surface area (Å²) < 4.78 is 5.09. The SMILES string of the molecule is COc1c(Cl)cc(C(=O)Cc2ccc(C)cc2C)cc1Cl. The van der Waals surface area contributed by atoms with Crippen LogP contribution in [-0.4, -0.2) is 12.9 Å². The molecule has 0 bridgehead atoms. The van der Waals surface area contributed by atoms with Gasteiger partial charge in [-0.1, -0.05) is 47.0 Å². The van der Waals surface area contributed by atoms with E-state index in [2.05, 4.69) is 6.07 Å². The summed E-state index contributed by atoms with van der Waals surface area (Å²) >= 11 is 12.1. The summed E-state index contributed by atoms with van der Waals surface area (Å²) in [5, 5.41) is 0.683. The van der Waals surface area contributed by atoms with Crippen LogP contribution in [0.5, 0.6) is 5.75 Å². The van der Waals surface area contributed by atoms with Crippen molar-refractivity contribution in [3.05, 3.63) is 62.6 Å². The van der Waals surface area contributed by atoms with Crippen LogP contribution in [0.4, 0.5) is 0 Å². The van der Waals surface area contributed by atoms with Crippen molar-refractivity contribution in [2.24, 2.45) is 0 Å². The number of benzene rings is 2. The number of ketones is 1. The molecule has 0 atom stereocenters. The first-order valence-electron chi connectivity index (χ1n) is 6.54. The Morgan fingerprint density at radius 1 is 1.10 bits per heavy atom. The van der Waals surface area contributed by atoms with Gasteiger partial charge in [0, 0.05) is 12.0 Å². The molecule has 2 aromatic rings. The molecule has 0 aliphatic carbocycles. The molecule has 2 rings (SSSR count). The molecule has 0 heterocycles. The van der Waals surface area contributed by atoms with E-state index >= 15 is 0 Å². The Bertz CT molecular complexity index is 670. The first kappa shape index (κ1) is 15.9. The highest BCUT2D eigenvalue weighted by Gasteiger charge is 2.14. The van der Waals surface area contributed by atoms with Crippen LogP contribution in [0, 0.1) is 13.8 Å². The Morgan fingerprint density at radius 2 is 1.71 bits per heavy atom. The Balaban J connectivity index is 2.28. The summed E-state index contributed by atoms with van der Waals surface area (Å²) in [5.41, 5.74) is 3.78. The first-order chi connectivity index (χ1) is 9.92. The summed E-state index contributed by atoms with van der Waals surface area (Å²) in [7, 11) is 1.49. The number of methoxy groups -OCH3 is 1. The topological polar surface area (TPSA) is 26.3 Å². The van der Waals surface area contributed by atoms with Crippen LogP contribution >= 0.6 is 23.2 Å². The van der Waals surface area contributed by atoms with Crippen molar-refractivity contribution in [3.8, 4) is 5.75 Å². The second kappa shape index (κ2) is 6.50. The van der Waals surface area contributed by atoms with Gasteiger partial charge in [-0.15, -0.1) is 0 Å². The molecular weight excluding hydrogens is 307 g/mol. The van der Waals surface area contributed by atoms with Crippen LogP contribution in [-0.2, 0) is 6.42 Å². The van der Waals surface area contributed by atoms with E-state index in [9.17, 15) is 4.79 Å². The normalized spacial score (nSPS) is 10.5. The lowest BCUT2D eigenvalue weighted by molar-refractivity contribution is 0.0992. The smallest absolute Gasteiger partial charge is 0.167 e. The van der Waals surface area contributed by atoms with Crippen molar-refractivity contribution < 1.29 is 9.53 Å². The van der Waals surface area contributed by atoms with E-state index < -0.39 is 0 Å². The molecule has 0 aliphatic heterocycles. The number of carbonyl (C=O) groups is 1. The molecule has 2 nitrogen and oxygen atoms in total. The maximum Gasteiger partial charge on any atom is 0.167 e. The average molecular weight is 323 g/mol. The lowest BCUT2D eigenvalue weighted by Crippen LogP contribution is -2.05. The van der Waals surface area contributed by atoms with Crippen molar-refractivity contribution >= 4 is 29.0 Å². The molecule has 0 N–H and O–H groups in total.